The maximum absolute atomic E-state index is 13.2. The molecule has 1 spiro atoms. The first kappa shape index (κ1) is 25.4. The van der Waals surface area contributed by atoms with E-state index in [0.29, 0.717) is 6.42 Å². The number of methoxy groups -OCH3 is 1. The van der Waals surface area contributed by atoms with Crippen molar-refractivity contribution in [3.8, 4) is 0 Å². The number of esters is 3. The number of rotatable bonds is 3. The summed E-state index contributed by atoms with van der Waals surface area (Å²) in [5.41, 5.74) is -3.48. The minimum absolute atomic E-state index is 0.0433. The molecule has 36 heavy (non-hydrogen) atoms. The Labute approximate surface area is 212 Å². The van der Waals surface area contributed by atoms with Crippen LogP contribution in [-0.2, 0) is 38.1 Å². The smallest absolute Gasteiger partial charge is 0.309 e. The molecule has 1 saturated heterocycles. The number of ketones is 1. The Hall–Kier alpha value is -2.22. The lowest BCUT2D eigenvalue weighted by molar-refractivity contribution is -0.275. The lowest BCUT2D eigenvalue weighted by Gasteiger charge is -2.69. The maximum atomic E-state index is 13.2. The molecule has 8 nitrogen and oxygen atoms in total. The van der Waals surface area contributed by atoms with Gasteiger partial charge in [0.05, 0.1) is 19.1 Å². The van der Waals surface area contributed by atoms with Gasteiger partial charge in [-0.05, 0) is 36.7 Å². The third-order valence-corrected chi connectivity index (χ3v) is 11.0. The van der Waals surface area contributed by atoms with E-state index >= 15 is 0 Å². The van der Waals surface area contributed by atoms with Gasteiger partial charge in [0.25, 0.3) is 0 Å². The van der Waals surface area contributed by atoms with Crippen LogP contribution in [0, 0.1) is 39.4 Å². The van der Waals surface area contributed by atoms with E-state index in [1.54, 1.807) is 6.08 Å². The number of ether oxygens (including phenoxy) is 4. The van der Waals surface area contributed by atoms with E-state index in [1.165, 1.54) is 21.0 Å². The van der Waals surface area contributed by atoms with Crippen LogP contribution < -0.4 is 0 Å². The highest BCUT2D eigenvalue weighted by Crippen LogP contribution is 2.81. The van der Waals surface area contributed by atoms with Crippen molar-refractivity contribution in [3.63, 3.8) is 0 Å². The second-order valence-corrected chi connectivity index (χ2v) is 12.8. The van der Waals surface area contributed by atoms with Crippen LogP contribution in [0.4, 0.5) is 0 Å². The number of carbonyl (C=O) groups is 4. The minimum Gasteiger partial charge on any atom is -0.469 e. The average molecular weight is 503 g/mol. The standard InChI is InChI=1S/C28H38O8/c1-14(29)34-20-21-24(3,4)18(31)10-11-25(21,5)17-9-12-26(6)16(23(32)33-8)13-19-28(26,36-19)27(17,7)22(20)35-15(2)30/h10-11,16-17,19-22H,9,12-13H2,1-8H3/t16-,17+,19+,20+,21-,22+,25+,26-,27-,28?/m0/s1. The summed E-state index contributed by atoms with van der Waals surface area (Å²) < 4.78 is 23.9. The van der Waals surface area contributed by atoms with Crippen molar-refractivity contribution in [2.75, 3.05) is 7.11 Å². The lowest BCUT2D eigenvalue weighted by atomic mass is 9.36. The van der Waals surface area contributed by atoms with Gasteiger partial charge in [0.15, 0.2) is 5.78 Å². The van der Waals surface area contributed by atoms with Crippen LogP contribution >= 0.6 is 0 Å². The van der Waals surface area contributed by atoms with E-state index in [2.05, 4.69) is 20.8 Å². The molecule has 0 aromatic heterocycles. The second-order valence-electron chi connectivity index (χ2n) is 12.8. The quantitative estimate of drug-likeness (QED) is 0.328. The summed E-state index contributed by atoms with van der Waals surface area (Å²) in [5.74, 6) is -2.08. The van der Waals surface area contributed by atoms with Crippen LogP contribution in [0.5, 0.6) is 0 Å². The van der Waals surface area contributed by atoms with Crippen LogP contribution in [0.1, 0.15) is 67.7 Å². The normalized spacial score (nSPS) is 49.6. The molecule has 10 atom stereocenters. The molecule has 8 heteroatoms. The van der Waals surface area contributed by atoms with E-state index in [-0.39, 0.29) is 29.7 Å². The largest absolute Gasteiger partial charge is 0.469 e. The number of carbonyl (C=O) groups excluding carboxylic acids is 4. The predicted molar refractivity (Wildman–Crippen MR) is 127 cm³/mol. The second kappa shape index (κ2) is 7.42. The van der Waals surface area contributed by atoms with Crippen molar-refractivity contribution in [2.24, 2.45) is 39.4 Å². The van der Waals surface area contributed by atoms with Crippen LogP contribution in [0.15, 0.2) is 12.2 Å². The fraction of sp³-hybridized carbons (Fsp3) is 0.786. The zero-order valence-electron chi connectivity index (χ0n) is 22.5. The molecule has 0 aromatic rings. The summed E-state index contributed by atoms with van der Waals surface area (Å²) in [6, 6.07) is 0. The molecule has 1 unspecified atom stereocenters. The van der Waals surface area contributed by atoms with Crippen molar-refractivity contribution in [1.82, 2.24) is 0 Å². The molecule has 0 aromatic carbocycles. The Morgan fingerprint density at radius 3 is 2.25 bits per heavy atom. The van der Waals surface area contributed by atoms with Gasteiger partial charge in [-0.1, -0.05) is 40.7 Å². The molecule has 198 valence electrons. The lowest BCUT2D eigenvalue weighted by Crippen LogP contribution is -2.75. The van der Waals surface area contributed by atoms with Crippen molar-refractivity contribution in [1.29, 1.82) is 0 Å². The monoisotopic (exact) mass is 502 g/mol. The fourth-order valence-corrected chi connectivity index (χ4v) is 9.76. The van der Waals surface area contributed by atoms with Crippen LogP contribution in [0.3, 0.4) is 0 Å². The van der Waals surface area contributed by atoms with Gasteiger partial charge in [0.1, 0.15) is 17.8 Å². The third-order valence-electron chi connectivity index (χ3n) is 11.0. The Morgan fingerprint density at radius 1 is 1.03 bits per heavy atom. The first-order chi connectivity index (χ1) is 16.6. The summed E-state index contributed by atoms with van der Waals surface area (Å²) >= 11 is 0. The zero-order valence-corrected chi connectivity index (χ0v) is 22.5. The van der Waals surface area contributed by atoms with E-state index < -0.39 is 57.3 Å². The van der Waals surface area contributed by atoms with E-state index in [9.17, 15) is 19.2 Å². The number of hydrogen-bond acceptors (Lipinski definition) is 8. The zero-order chi connectivity index (χ0) is 26.6. The maximum Gasteiger partial charge on any atom is 0.309 e. The van der Waals surface area contributed by atoms with Gasteiger partial charge in [-0.25, -0.2) is 0 Å². The van der Waals surface area contributed by atoms with Gasteiger partial charge in [-0.2, -0.15) is 0 Å². The summed E-state index contributed by atoms with van der Waals surface area (Å²) in [7, 11) is 1.41. The van der Waals surface area contributed by atoms with E-state index in [4.69, 9.17) is 18.9 Å². The number of allylic oxidation sites excluding steroid dienone is 2. The van der Waals surface area contributed by atoms with Gasteiger partial charge < -0.3 is 18.9 Å². The Balaban J connectivity index is 1.76. The highest BCUT2D eigenvalue weighted by Gasteiger charge is 2.89. The van der Waals surface area contributed by atoms with Gasteiger partial charge in [0.2, 0.25) is 0 Å². The van der Waals surface area contributed by atoms with Gasteiger partial charge in [0, 0.05) is 36.0 Å². The van der Waals surface area contributed by atoms with Crippen LogP contribution in [-0.4, -0.2) is 54.7 Å². The molecule has 3 saturated carbocycles. The summed E-state index contributed by atoms with van der Waals surface area (Å²) in [5, 5.41) is 0. The van der Waals surface area contributed by atoms with Gasteiger partial charge >= 0.3 is 17.9 Å². The number of hydrogen-bond donors (Lipinski definition) is 0. The molecule has 5 rings (SSSR count). The summed E-state index contributed by atoms with van der Waals surface area (Å²) in [6.07, 6.45) is 3.76. The molecule has 4 fully saturated rings. The third kappa shape index (κ3) is 2.74. The minimum atomic E-state index is -0.861. The van der Waals surface area contributed by atoms with Crippen LogP contribution in [0.2, 0.25) is 0 Å². The molecule has 5 aliphatic rings. The molecule has 0 radical (unpaired) electrons. The molecule has 4 aliphatic carbocycles. The topological polar surface area (TPSA) is 108 Å². The van der Waals surface area contributed by atoms with Crippen molar-refractivity contribution < 1.29 is 38.1 Å². The van der Waals surface area contributed by atoms with Crippen molar-refractivity contribution >= 4 is 23.7 Å². The van der Waals surface area contributed by atoms with Crippen molar-refractivity contribution in [2.45, 2.75) is 91.6 Å². The Morgan fingerprint density at radius 2 is 1.67 bits per heavy atom. The molecule has 0 N–H and O–H groups in total. The van der Waals surface area contributed by atoms with Crippen LogP contribution in [0.25, 0.3) is 0 Å². The number of fused-ring (bicyclic) bond motifs is 3. The SMILES string of the molecule is COC(=O)[C@@H]1C[C@H]2OC23[C@]2(C)[C@H](OC(C)=O)[C@H](OC(C)=O)[C@H]4C(C)(C)C(=O)C=C[C@]4(C)[C@H]2CC[C@@]13C. The Kier molecular flexibility index (Phi) is 5.24. The Bertz CT molecular complexity index is 1080. The fourth-order valence-electron chi connectivity index (χ4n) is 9.76. The first-order valence-electron chi connectivity index (χ1n) is 13.0. The van der Waals surface area contributed by atoms with E-state index in [1.807, 2.05) is 19.9 Å². The molecular formula is C28H38O8. The molecule has 1 aliphatic heterocycles. The highest BCUT2D eigenvalue weighted by molar-refractivity contribution is 5.96. The predicted octanol–water partition coefficient (Wildman–Crippen LogP) is 3.40. The molecule has 0 amide bonds. The van der Waals surface area contributed by atoms with E-state index in [0.717, 1.165) is 12.8 Å². The van der Waals surface area contributed by atoms with Gasteiger partial charge in [-0.15, -0.1) is 0 Å². The molecule has 0 bridgehead atoms. The molecular weight excluding hydrogens is 464 g/mol. The summed E-state index contributed by atoms with van der Waals surface area (Å²) in [6.45, 7) is 12.8. The van der Waals surface area contributed by atoms with Crippen molar-refractivity contribution in [3.05, 3.63) is 12.2 Å². The summed E-state index contributed by atoms with van der Waals surface area (Å²) in [4.78, 5) is 51.1. The van der Waals surface area contributed by atoms with Gasteiger partial charge in [-0.3, -0.25) is 19.2 Å². The number of epoxide rings is 1. The highest BCUT2D eigenvalue weighted by atomic mass is 16.6. The average Bonchev–Trinajstić information content (AvgIpc) is 3.45. The molecule has 1 heterocycles. The first-order valence-corrected chi connectivity index (χ1v) is 13.0.